The van der Waals surface area contributed by atoms with Gasteiger partial charge in [-0.15, -0.1) is 0 Å². The van der Waals surface area contributed by atoms with Crippen LogP contribution in [0, 0.1) is 5.82 Å². The van der Waals surface area contributed by atoms with Crippen molar-refractivity contribution in [2.24, 2.45) is 0 Å². The van der Waals surface area contributed by atoms with E-state index in [0.717, 1.165) is 10.6 Å². The molecule has 1 N–H and O–H groups in total. The van der Waals surface area contributed by atoms with Gasteiger partial charge in [-0.1, -0.05) is 17.7 Å². The second kappa shape index (κ2) is 11.6. The zero-order valence-corrected chi connectivity index (χ0v) is 23.8. The number of nitrogens with one attached hydrogen (secondary N) is 1. The van der Waals surface area contributed by atoms with Crippen molar-refractivity contribution in [3.05, 3.63) is 70.6 Å². The fourth-order valence-corrected chi connectivity index (χ4v) is 4.96. The average Bonchev–Trinajstić information content (AvgIpc) is 3.29. The predicted molar refractivity (Wildman–Crippen MR) is 151 cm³/mol. The van der Waals surface area contributed by atoms with Gasteiger partial charge in [-0.05, 0) is 55.3 Å². The van der Waals surface area contributed by atoms with Crippen molar-refractivity contribution in [2.75, 3.05) is 31.3 Å². The molecule has 0 aliphatic carbocycles. The normalized spacial score (nSPS) is 11.4. The zero-order chi connectivity index (χ0) is 29.2. The van der Waals surface area contributed by atoms with E-state index in [-0.39, 0.29) is 46.7 Å². The summed E-state index contributed by atoms with van der Waals surface area (Å²) in [5.74, 6) is -1.06. The SMILES string of the molecule is CCOC(=O)CCc1ccc(-c2cc3c(C(=O)NC)c(-c4ccc(F)cc4)oc3cc2N(C)S(C)(=O)=O)nc1Cl. The van der Waals surface area contributed by atoms with Crippen molar-refractivity contribution in [1.29, 1.82) is 0 Å². The van der Waals surface area contributed by atoms with Gasteiger partial charge < -0.3 is 14.5 Å². The van der Waals surface area contributed by atoms with E-state index in [9.17, 15) is 22.4 Å². The van der Waals surface area contributed by atoms with E-state index >= 15 is 0 Å². The number of furan rings is 1. The van der Waals surface area contributed by atoms with Gasteiger partial charge in [-0.25, -0.2) is 17.8 Å². The third-order valence-corrected chi connectivity index (χ3v) is 7.83. The van der Waals surface area contributed by atoms with Crippen LogP contribution in [0.2, 0.25) is 5.15 Å². The number of esters is 1. The van der Waals surface area contributed by atoms with Crippen molar-refractivity contribution in [1.82, 2.24) is 10.3 Å². The molecule has 1 amide bonds. The Morgan fingerprint density at radius 2 is 1.85 bits per heavy atom. The average molecular weight is 588 g/mol. The van der Waals surface area contributed by atoms with E-state index in [4.69, 9.17) is 20.8 Å². The van der Waals surface area contributed by atoms with Crippen LogP contribution < -0.4 is 9.62 Å². The van der Waals surface area contributed by atoms with Gasteiger partial charge in [0.1, 0.15) is 22.3 Å². The Morgan fingerprint density at radius 3 is 2.45 bits per heavy atom. The first-order valence-electron chi connectivity index (χ1n) is 12.3. The topological polar surface area (TPSA) is 119 Å². The Hall–Kier alpha value is -3.96. The molecule has 4 aromatic rings. The van der Waals surface area contributed by atoms with Crippen LogP contribution in [0.25, 0.3) is 33.6 Å². The quantitative estimate of drug-likeness (QED) is 0.211. The van der Waals surface area contributed by atoms with Crippen molar-refractivity contribution >= 4 is 50.2 Å². The monoisotopic (exact) mass is 587 g/mol. The summed E-state index contributed by atoms with van der Waals surface area (Å²) in [5.41, 5.74) is 2.45. The maximum Gasteiger partial charge on any atom is 0.306 e. The standard InChI is InChI=1S/C28H27ClFN3O6S/c1-5-38-24(34)13-9-17-8-12-21(32-27(17)29)19-14-20-23(15-22(19)33(3)40(4,36)37)39-26(25(20)28(35)31-2)16-6-10-18(30)11-7-16/h6-8,10-12,14-15H,5,9,13H2,1-4H3,(H,31,35). The number of carbonyl (C=O) groups is 2. The number of benzene rings is 2. The molecule has 2 aromatic heterocycles. The first-order valence-corrected chi connectivity index (χ1v) is 14.5. The highest BCUT2D eigenvalue weighted by Crippen LogP contribution is 2.41. The number of nitrogens with zero attached hydrogens (tertiary/aromatic N) is 2. The molecule has 0 saturated heterocycles. The van der Waals surface area contributed by atoms with Crippen molar-refractivity contribution in [3.8, 4) is 22.6 Å². The number of hydrogen-bond acceptors (Lipinski definition) is 7. The molecule has 0 bridgehead atoms. The number of hydrogen-bond donors (Lipinski definition) is 1. The summed E-state index contributed by atoms with van der Waals surface area (Å²) >= 11 is 6.47. The lowest BCUT2D eigenvalue weighted by Gasteiger charge is -2.20. The molecule has 2 heterocycles. The first kappa shape index (κ1) is 29.0. The van der Waals surface area contributed by atoms with E-state index in [1.807, 2.05) is 0 Å². The molecule has 0 fully saturated rings. The lowest BCUT2D eigenvalue weighted by atomic mass is 10.0. The number of ether oxygens (including phenoxy) is 1. The maximum absolute atomic E-state index is 13.6. The van der Waals surface area contributed by atoms with Gasteiger partial charge in [-0.3, -0.25) is 13.9 Å². The largest absolute Gasteiger partial charge is 0.466 e. The van der Waals surface area contributed by atoms with E-state index in [0.29, 0.717) is 34.2 Å². The number of anilines is 1. The van der Waals surface area contributed by atoms with Gasteiger partial charge in [0.2, 0.25) is 10.0 Å². The fourth-order valence-electron chi connectivity index (χ4n) is 4.20. The van der Waals surface area contributed by atoms with E-state index in [1.165, 1.54) is 44.4 Å². The van der Waals surface area contributed by atoms with E-state index < -0.39 is 21.7 Å². The van der Waals surface area contributed by atoms with Crippen LogP contribution in [-0.2, 0) is 26.0 Å². The number of halogens is 2. The third-order valence-electron chi connectivity index (χ3n) is 6.31. The summed E-state index contributed by atoms with van der Waals surface area (Å²) in [7, 11) is -0.861. The van der Waals surface area contributed by atoms with Crippen molar-refractivity contribution in [2.45, 2.75) is 19.8 Å². The molecule has 0 aliphatic rings. The Labute approximate surface area is 236 Å². The Bertz CT molecular complexity index is 1700. The molecular formula is C28H27ClFN3O6S. The molecule has 0 spiro atoms. The summed E-state index contributed by atoms with van der Waals surface area (Å²) in [4.78, 5) is 29.3. The summed E-state index contributed by atoms with van der Waals surface area (Å²) in [6, 6.07) is 12.0. The van der Waals surface area contributed by atoms with Crippen molar-refractivity contribution < 1.29 is 31.6 Å². The Balaban J connectivity index is 1.92. The molecule has 9 nitrogen and oxygen atoms in total. The van der Waals surface area contributed by atoms with Gasteiger partial charge in [0.05, 0.1) is 29.8 Å². The summed E-state index contributed by atoms with van der Waals surface area (Å²) in [6.07, 6.45) is 1.49. The highest BCUT2D eigenvalue weighted by atomic mass is 35.5. The molecule has 0 unspecified atom stereocenters. The van der Waals surface area contributed by atoms with Crippen LogP contribution in [0.1, 0.15) is 29.3 Å². The van der Waals surface area contributed by atoms with Crippen LogP contribution in [0.4, 0.5) is 10.1 Å². The first-order chi connectivity index (χ1) is 18.9. The summed E-state index contributed by atoms with van der Waals surface area (Å²) in [5, 5.41) is 3.13. The summed E-state index contributed by atoms with van der Waals surface area (Å²) in [6.45, 7) is 2.00. The molecule has 4 rings (SSSR count). The van der Waals surface area contributed by atoms with Gasteiger partial charge in [0, 0.05) is 43.1 Å². The number of fused-ring (bicyclic) bond motifs is 1. The van der Waals surface area contributed by atoms with Crippen LogP contribution >= 0.6 is 11.6 Å². The zero-order valence-electron chi connectivity index (χ0n) is 22.2. The molecular weight excluding hydrogens is 561 g/mol. The van der Waals surface area contributed by atoms with Crippen LogP contribution in [0.5, 0.6) is 0 Å². The molecule has 0 aliphatic heterocycles. The minimum absolute atomic E-state index is 0.124. The van der Waals surface area contributed by atoms with E-state index in [2.05, 4.69) is 10.3 Å². The third kappa shape index (κ3) is 5.95. The minimum atomic E-state index is -3.72. The molecule has 2 aromatic carbocycles. The number of aryl methyl sites for hydroxylation is 1. The number of rotatable bonds is 9. The van der Waals surface area contributed by atoms with Crippen LogP contribution in [0.3, 0.4) is 0 Å². The Morgan fingerprint density at radius 1 is 1.15 bits per heavy atom. The minimum Gasteiger partial charge on any atom is -0.466 e. The highest BCUT2D eigenvalue weighted by molar-refractivity contribution is 7.92. The fraction of sp³-hybridized carbons (Fsp3) is 0.250. The van der Waals surface area contributed by atoms with Gasteiger partial charge in [0.25, 0.3) is 5.91 Å². The van der Waals surface area contributed by atoms with Gasteiger partial charge in [0.15, 0.2) is 0 Å². The molecule has 40 heavy (non-hydrogen) atoms. The maximum atomic E-state index is 13.6. The van der Waals surface area contributed by atoms with Crippen molar-refractivity contribution in [3.63, 3.8) is 0 Å². The Kier molecular flexibility index (Phi) is 8.45. The number of sulfonamides is 1. The second-order valence-electron chi connectivity index (χ2n) is 8.94. The summed E-state index contributed by atoms with van der Waals surface area (Å²) < 4.78 is 50.8. The molecule has 0 radical (unpaired) electrons. The van der Waals surface area contributed by atoms with Crippen LogP contribution in [0.15, 0.2) is 52.9 Å². The lowest BCUT2D eigenvalue weighted by Crippen LogP contribution is -2.25. The number of aromatic nitrogens is 1. The second-order valence-corrected chi connectivity index (χ2v) is 11.3. The van der Waals surface area contributed by atoms with Gasteiger partial charge in [-0.2, -0.15) is 0 Å². The van der Waals surface area contributed by atoms with Gasteiger partial charge >= 0.3 is 5.97 Å². The lowest BCUT2D eigenvalue weighted by molar-refractivity contribution is -0.143. The predicted octanol–water partition coefficient (Wildman–Crippen LogP) is 5.21. The number of pyridine rings is 1. The molecule has 210 valence electrons. The molecule has 12 heteroatoms. The molecule has 0 saturated carbocycles. The molecule has 0 atom stereocenters. The highest BCUT2D eigenvalue weighted by Gasteiger charge is 2.26. The number of carbonyl (C=O) groups excluding carboxylic acids is 2. The smallest absolute Gasteiger partial charge is 0.306 e. The number of amides is 1. The van der Waals surface area contributed by atoms with E-state index in [1.54, 1.807) is 25.1 Å². The van der Waals surface area contributed by atoms with Crippen LogP contribution in [-0.4, -0.2) is 52.2 Å².